The molecule has 1 aliphatic carbocycles. The van der Waals surface area contributed by atoms with Crippen molar-refractivity contribution < 1.29 is 14.0 Å². The predicted molar refractivity (Wildman–Crippen MR) is 111 cm³/mol. The molecule has 3 aromatic rings. The number of pyridine rings is 2. The Morgan fingerprint density at radius 3 is 2.67 bits per heavy atom. The van der Waals surface area contributed by atoms with Gasteiger partial charge in [0.05, 0.1) is 0 Å². The van der Waals surface area contributed by atoms with Gasteiger partial charge in [-0.25, -0.2) is 14.4 Å². The molecule has 2 aliphatic rings. The monoisotopic (exact) mass is 404 g/mol. The van der Waals surface area contributed by atoms with E-state index in [0.717, 1.165) is 31.3 Å². The molecule has 2 atom stereocenters. The molecule has 5 rings (SSSR count). The van der Waals surface area contributed by atoms with Crippen molar-refractivity contribution in [3.05, 3.63) is 65.7 Å². The molecule has 7 heteroatoms. The normalized spacial score (nSPS) is 20.4. The fourth-order valence-electron chi connectivity index (χ4n) is 4.64. The number of rotatable bonds is 3. The third-order valence-electron chi connectivity index (χ3n) is 6.11. The maximum atomic E-state index is 14.2. The van der Waals surface area contributed by atoms with E-state index in [1.807, 2.05) is 11.0 Å². The molecule has 30 heavy (non-hydrogen) atoms. The second kappa shape index (κ2) is 7.48. The minimum atomic E-state index is -0.566. The molecule has 1 N–H and O–H groups in total. The van der Waals surface area contributed by atoms with Crippen LogP contribution in [0.1, 0.15) is 40.1 Å². The Morgan fingerprint density at radius 1 is 1.07 bits per heavy atom. The van der Waals surface area contributed by atoms with Gasteiger partial charge in [0.2, 0.25) is 0 Å². The average molecular weight is 404 g/mol. The van der Waals surface area contributed by atoms with Gasteiger partial charge in [-0.15, -0.1) is 0 Å². The van der Waals surface area contributed by atoms with Crippen molar-refractivity contribution in [2.75, 3.05) is 18.4 Å². The van der Waals surface area contributed by atoms with Gasteiger partial charge >= 0.3 is 0 Å². The molecule has 6 nitrogen and oxygen atoms in total. The summed E-state index contributed by atoms with van der Waals surface area (Å²) in [4.78, 5) is 35.7. The van der Waals surface area contributed by atoms with Crippen LogP contribution in [-0.4, -0.2) is 39.8 Å². The van der Waals surface area contributed by atoms with Gasteiger partial charge in [-0.05, 0) is 67.1 Å². The zero-order chi connectivity index (χ0) is 20.7. The van der Waals surface area contributed by atoms with Crippen LogP contribution in [0.3, 0.4) is 0 Å². The molecule has 2 aromatic heterocycles. The van der Waals surface area contributed by atoms with E-state index >= 15 is 0 Å². The summed E-state index contributed by atoms with van der Waals surface area (Å²) < 4.78 is 14.2. The summed E-state index contributed by atoms with van der Waals surface area (Å²) in [5.41, 5.74) is 1.11. The van der Waals surface area contributed by atoms with E-state index in [9.17, 15) is 14.0 Å². The van der Waals surface area contributed by atoms with Crippen molar-refractivity contribution in [2.24, 2.45) is 11.8 Å². The van der Waals surface area contributed by atoms with E-state index in [0.29, 0.717) is 17.5 Å². The Labute approximate surface area is 173 Å². The van der Waals surface area contributed by atoms with Crippen LogP contribution in [0.2, 0.25) is 0 Å². The highest BCUT2D eigenvalue weighted by atomic mass is 19.1. The second-order valence-electron chi connectivity index (χ2n) is 8.09. The van der Waals surface area contributed by atoms with Crippen LogP contribution in [0.4, 0.5) is 10.1 Å². The molecular formula is C23H21FN4O2. The Balaban J connectivity index is 1.35. The Morgan fingerprint density at radius 2 is 1.87 bits per heavy atom. The highest BCUT2D eigenvalue weighted by Gasteiger charge is 2.38. The van der Waals surface area contributed by atoms with Crippen LogP contribution >= 0.6 is 0 Å². The van der Waals surface area contributed by atoms with Crippen LogP contribution in [0.15, 0.2) is 48.7 Å². The number of hydrogen-bond acceptors (Lipinski definition) is 4. The lowest BCUT2D eigenvalue weighted by molar-refractivity contribution is 0.0780. The van der Waals surface area contributed by atoms with Crippen molar-refractivity contribution in [2.45, 2.75) is 19.3 Å². The number of benzene rings is 1. The molecule has 2 fully saturated rings. The molecular weight excluding hydrogens is 383 g/mol. The SMILES string of the molecule is O=C(Nc1cc(F)cc(C(=O)N2C[C@H]3CCC[C@H]3C2)c1)c1ccc2cccnc2n1. The maximum absolute atomic E-state index is 14.2. The molecule has 1 aliphatic heterocycles. The summed E-state index contributed by atoms with van der Waals surface area (Å²) in [6.45, 7) is 1.46. The molecule has 0 spiro atoms. The third kappa shape index (κ3) is 3.51. The summed E-state index contributed by atoms with van der Waals surface area (Å²) in [5.74, 6) is -0.109. The summed E-state index contributed by atoms with van der Waals surface area (Å²) in [6, 6.07) is 11.0. The molecule has 3 heterocycles. The number of likely N-dealkylation sites (tertiary alicyclic amines) is 1. The minimum absolute atomic E-state index is 0.172. The quantitative estimate of drug-likeness (QED) is 0.719. The van der Waals surface area contributed by atoms with Gasteiger partial charge in [-0.1, -0.05) is 6.42 Å². The number of hydrogen-bond donors (Lipinski definition) is 1. The van der Waals surface area contributed by atoms with E-state index in [2.05, 4.69) is 15.3 Å². The molecule has 0 bridgehead atoms. The molecule has 1 saturated carbocycles. The van der Waals surface area contributed by atoms with Gasteiger partial charge in [0.1, 0.15) is 11.5 Å². The lowest BCUT2D eigenvalue weighted by Crippen LogP contribution is -2.29. The Bertz CT molecular complexity index is 1140. The largest absolute Gasteiger partial charge is 0.338 e. The number of amides is 2. The van der Waals surface area contributed by atoms with E-state index in [1.165, 1.54) is 24.6 Å². The van der Waals surface area contributed by atoms with Gasteiger partial charge in [0.25, 0.3) is 11.8 Å². The average Bonchev–Trinajstić information content (AvgIpc) is 3.35. The molecule has 2 amide bonds. The topological polar surface area (TPSA) is 75.2 Å². The third-order valence-corrected chi connectivity index (χ3v) is 6.11. The molecule has 1 aromatic carbocycles. The van der Waals surface area contributed by atoms with Crippen LogP contribution < -0.4 is 5.32 Å². The first kappa shape index (κ1) is 18.7. The number of aromatic nitrogens is 2. The number of nitrogens with zero attached hydrogens (tertiary/aromatic N) is 3. The van der Waals surface area contributed by atoms with Crippen molar-refractivity contribution >= 4 is 28.5 Å². The number of anilines is 1. The maximum Gasteiger partial charge on any atom is 0.274 e. The minimum Gasteiger partial charge on any atom is -0.338 e. The van der Waals surface area contributed by atoms with Gasteiger partial charge in [0.15, 0.2) is 5.65 Å². The molecule has 1 saturated heterocycles. The van der Waals surface area contributed by atoms with Crippen molar-refractivity contribution in [3.63, 3.8) is 0 Å². The van der Waals surface area contributed by atoms with Crippen LogP contribution in [0.5, 0.6) is 0 Å². The highest BCUT2D eigenvalue weighted by molar-refractivity contribution is 6.04. The Hall–Kier alpha value is -3.35. The number of carbonyl (C=O) groups excluding carboxylic acids is 2. The number of halogens is 1. The zero-order valence-corrected chi connectivity index (χ0v) is 16.3. The van der Waals surface area contributed by atoms with Crippen LogP contribution in [0, 0.1) is 17.7 Å². The van der Waals surface area contributed by atoms with Gasteiger partial charge < -0.3 is 10.2 Å². The number of nitrogens with one attached hydrogen (secondary N) is 1. The molecule has 152 valence electrons. The molecule has 0 unspecified atom stereocenters. The van der Waals surface area contributed by atoms with E-state index in [1.54, 1.807) is 24.4 Å². The first-order valence-corrected chi connectivity index (χ1v) is 10.2. The summed E-state index contributed by atoms with van der Waals surface area (Å²) >= 11 is 0. The van der Waals surface area contributed by atoms with Crippen molar-refractivity contribution in [1.82, 2.24) is 14.9 Å². The highest BCUT2D eigenvalue weighted by Crippen LogP contribution is 2.38. The summed E-state index contributed by atoms with van der Waals surface area (Å²) in [7, 11) is 0. The van der Waals surface area contributed by atoms with Gasteiger partial charge in [-0.3, -0.25) is 9.59 Å². The predicted octanol–water partition coefficient (Wildman–Crippen LogP) is 3.89. The van der Waals surface area contributed by atoms with Crippen LogP contribution in [-0.2, 0) is 0 Å². The molecule has 0 radical (unpaired) electrons. The lowest BCUT2D eigenvalue weighted by atomic mass is 10.0. The smallest absolute Gasteiger partial charge is 0.274 e. The summed E-state index contributed by atoms with van der Waals surface area (Å²) in [5, 5.41) is 3.47. The fourth-order valence-corrected chi connectivity index (χ4v) is 4.64. The second-order valence-corrected chi connectivity index (χ2v) is 8.09. The van der Waals surface area contributed by atoms with E-state index in [4.69, 9.17) is 0 Å². The van der Waals surface area contributed by atoms with Crippen LogP contribution in [0.25, 0.3) is 11.0 Å². The fraction of sp³-hybridized carbons (Fsp3) is 0.304. The van der Waals surface area contributed by atoms with Gasteiger partial charge in [-0.2, -0.15) is 0 Å². The van der Waals surface area contributed by atoms with Gasteiger partial charge in [0, 0.05) is 35.9 Å². The first-order chi connectivity index (χ1) is 14.6. The lowest BCUT2D eigenvalue weighted by Gasteiger charge is -2.18. The zero-order valence-electron chi connectivity index (χ0n) is 16.3. The number of fused-ring (bicyclic) bond motifs is 2. The van der Waals surface area contributed by atoms with E-state index in [-0.39, 0.29) is 22.9 Å². The van der Waals surface area contributed by atoms with E-state index < -0.39 is 11.7 Å². The summed E-state index contributed by atoms with van der Waals surface area (Å²) in [6.07, 6.45) is 5.15. The van der Waals surface area contributed by atoms with Crippen molar-refractivity contribution in [1.29, 1.82) is 0 Å². The Kier molecular flexibility index (Phi) is 4.65. The number of carbonyl (C=O) groups is 2. The first-order valence-electron chi connectivity index (χ1n) is 10.2. The van der Waals surface area contributed by atoms with Crippen molar-refractivity contribution in [3.8, 4) is 0 Å². The standard InChI is InChI=1S/C23H21FN4O2/c24-18-9-17(23(30)28-12-15-3-1-4-16(15)13-28)10-19(11-18)26-22(29)20-7-6-14-5-2-8-25-21(14)27-20/h2,5-11,15-16H,1,3-4,12-13H2,(H,26,29)/t15-,16+.